The summed E-state index contributed by atoms with van der Waals surface area (Å²) in [5, 5.41) is 0. The van der Waals surface area contributed by atoms with Crippen LogP contribution in [0.4, 0.5) is 0 Å². The molecule has 0 saturated heterocycles. The van der Waals surface area contributed by atoms with Crippen LogP contribution in [-0.2, 0) is 9.53 Å². The summed E-state index contributed by atoms with van der Waals surface area (Å²) in [6.07, 6.45) is 19.1. The van der Waals surface area contributed by atoms with E-state index in [0.717, 1.165) is 6.42 Å². The molecule has 0 atom stereocenters. The minimum Gasteiger partial charge on any atom is -0.435 e. The van der Waals surface area contributed by atoms with Gasteiger partial charge in [0.05, 0.1) is 6.26 Å². The summed E-state index contributed by atoms with van der Waals surface area (Å²) in [7, 11) is 0. The van der Waals surface area contributed by atoms with Crippen LogP contribution in [0.5, 0.6) is 0 Å². The summed E-state index contributed by atoms with van der Waals surface area (Å²) in [6, 6.07) is 0. The summed E-state index contributed by atoms with van der Waals surface area (Å²) in [5.74, 6) is -0.250. The molecule has 0 spiro atoms. The SMILES string of the molecule is CC(=O)OC=CCCCCCCC/C=C(\C)CCC=C(C)C. The molecule has 2 heteroatoms. The Labute approximate surface area is 137 Å². The predicted octanol–water partition coefficient (Wildman–Crippen LogP) is 6.49. The summed E-state index contributed by atoms with van der Waals surface area (Å²) >= 11 is 0. The Morgan fingerprint density at radius 1 is 0.818 bits per heavy atom. The number of carbonyl (C=O) groups is 1. The van der Waals surface area contributed by atoms with Crippen molar-refractivity contribution in [2.24, 2.45) is 0 Å². The summed E-state index contributed by atoms with van der Waals surface area (Å²) in [4.78, 5) is 10.5. The molecule has 0 aromatic carbocycles. The van der Waals surface area contributed by atoms with Gasteiger partial charge >= 0.3 is 5.97 Å². The zero-order valence-corrected chi connectivity index (χ0v) is 15.0. The van der Waals surface area contributed by atoms with E-state index in [1.807, 2.05) is 6.08 Å². The van der Waals surface area contributed by atoms with Crippen LogP contribution in [0.25, 0.3) is 0 Å². The van der Waals surface area contributed by atoms with E-state index in [4.69, 9.17) is 4.74 Å². The van der Waals surface area contributed by atoms with Crippen LogP contribution >= 0.6 is 0 Å². The minimum absolute atomic E-state index is 0.250. The number of allylic oxidation sites excluding steroid dienone is 5. The van der Waals surface area contributed by atoms with Gasteiger partial charge in [0.15, 0.2) is 0 Å². The van der Waals surface area contributed by atoms with E-state index < -0.39 is 0 Å². The van der Waals surface area contributed by atoms with Gasteiger partial charge in [0.1, 0.15) is 0 Å². The van der Waals surface area contributed by atoms with Gasteiger partial charge in [-0.15, -0.1) is 0 Å². The van der Waals surface area contributed by atoms with Gasteiger partial charge in [0, 0.05) is 6.92 Å². The third-order valence-electron chi connectivity index (χ3n) is 3.49. The van der Waals surface area contributed by atoms with Crippen LogP contribution < -0.4 is 0 Å². The zero-order chi connectivity index (χ0) is 16.6. The Bertz CT molecular complexity index is 371. The van der Waals surface area contributed by atoms with E-state index in [-0.39, 0.29) is 5.97 Å². The van der Waals surface area contributed by atoms with Gasteiger partial charge in [-0.1, -0.05) is 42.6 Å². The highest BCUT2D eigenvalue weighted by molar-refractivity contribution is 5.66. The lowest BCUT2D eigenvalue weighted by Crippen LogP contribution is -1.89. The molecule has 0 saturated carbocycles. The van der Waals surface area contributed by atoms with Crippen molar-refractivity contribution < 1.29 is 9.53 Å². The quantitative estimate of drug-likeness (QED) is 0.178. The molecule has 0 radical (unpaired) electrons. The highest BCUT2D eigenvalue weighted by Crippen LogP contribution is 2.11. The lowest BCUT2D eigenvalue weighted by atomic mass is 10.1. The fraction of sp³-hybridized carbons (Fsp3) is 0.650. The average Bonchev–Trinajstić information content (AvgIpc) is 2.44. The van der Waals surface area contributed by atoms with Crippen molar-refractivity contribution in [3.63, 3.8) is 0 Å². The number of carbonyl (C=O) groups excluding carboxylic acids is 1. The van der Waals surface area contributed by atoms with E-state index in [1.165, 1.54) is 75.7 Å². The molecule has 0 aliphatic rings. The Hall–Kier alpha value is -1.31. The Balaban J connectivity index is 3.40. The predicted molar refractivity (Wildman–Crippen MR) is 95.6 cm³/mol. The largest absolute Gasteiger partial charge is 0.435 e. The average molecular weight is 306 g/mol. The molecule has 0 amide bonds. The molecule has 0 aliphatic heterocycles. The highest BCUT2D eigenvalue weighted by Gasteiger charge is 1.92. The number of hydrogen-bond acceptors (Lipinski definition) is 2. The van der Waals surface area contributed by atoms with Crippen molar-refractivity contribution >= 4 is 5.97 Å². The standard InChI is InChI=1S/C20H34O2/c1-18(2)14-13-16-19(3)15-11-9-7-5-6-8-10-12-17-22-20(4)21/h12,14-15,17H,5-11,13,16H2,1-4H3/b17-12?,19-15+. The van der Waals surface area contributed by atoms with E-state index in [2.05, 4.69) is 32.9 Å². The molecule has 0 bridgehead atoms. The number of ether oxygens (including phenoxy) is 1. The number of rotatable bonds is 12. The number of hydrogen-bond donors (Lipinski definition) is 0. The highest BCUT2D eigenvalue weighted by atomic mass is 16.5. The van der Waals surface area contributed by atoms with Gasteiger partial charge < -0.3 is 4.74 Å². The summed E-state index contributed by atoms with van der Waals surface area (Å²) in [5.41, 5.74) is 2.93. The van der Waals surface area contributed by atoms with Crippen LogP contribution in [-0.4, -0.2) is 5.97 Å². The van der Waals surface area contributed by atoms with Crippen LogP contribution in [0.3, 0.4) is 0 Å². The van der Waals surface area contributed by atoms with Crippen molar-refractivity contribution in [2.75, 3.05) is 0 Å². The number of unbranched alkanes of at least 4 members (excludes halogenated alkanes) is 6. The van der Waals surface area contributed by atoms with Gasteiger partial charge in [-0.05, 0) is 65.4 Å². The molecular weight excluding hydrogens is 272 g/mol. The maximum atomic E-state index is 10.5. The molecule has 0 N–H and O–H groups in total. The maximum absolute atomic E-state index is 10.5. The third-order valence-corrected chi connectivity index (χ3v) is 3.49. The normalized spacial score (nSPS) is 11.7. The Morgan fingerprint density at radius 2 is 1.45 bits per heavy atom. The van der Waals surface area contributed by atoms with E-state index in [9.17, 15) is 4.79 Å². The molecule has 0 rings (SSSR count). The molecule has 0 aromatic heterocycles. The van der Waals surface area contributed by atoms with Crippen LogP contribution in [0.15, 0.2) is 35.6 Å². The molecule has 0 unspecified atom stereocenters. The Kier molecular flexibility index (Phi) is 13.7. The molecule has 0 fully saturated rings. The third kappa shape index (κ3) is 16.7. The topological polar surface area (TPSA) is 26.3 Å². The second-order valence-corrected chi connectivity index (χ2v) is 6.20. The van der Waals surface area contributed by atoms with Gasteiger partial charge in [-0.3, -0.25) is 4.79 Å². The first-order valence-corrected chi connectivity index (χ1v) is 8.63. The van der Waals surface area contributed by atoms with E-state index >= 15 is 0 Å². The molecular formula is C20H34O2. The molecule has 126 valence electrons. The first kappa shape index (κ1) is 20.7. The van der Waals surface area contributed by atoms with Crippen molar-refractivity contribution in [3.05, 3.63) is 35.6 Å². The van der Waals surface area contributed by atoms with Crippen LogP contribution in [0.2, 0.25) is 0 Å². The van der Waals surface area contributed by atoms with Crippen LogP contribution in [0.1, 0.15) is 85.5 Å². The van der Waals surface area contributed by atoms with Gasteiger partial charge in [0.2, 0.25) is 0 Å². The molecule has 0 heterocycles. The lowest BCUT2D eigenvalue weighted by Gasteiger charge is -2.01. The fourth-order valence-electron chi connectivity index (χ4n) is 2.19. The molecule has 0 aromatic rings. The first-order valence-electron chi connectivity index (χ1n) is 8.63. The van der Waals surface area contributed by atoms with Crippen LogP contribution in [0, 0.1) is 0 Å². The molecule has 0 aliphatic carbocycles. The Morgan fingerprint density at radius 3 is 2.09 bits per heavy atom. The van der Waals surface area contributed by atoms with E-state index in [1.54, 1.807) is 0 Å². The molecule has 22 heavy (non-hydrogen) atoms. The second-order valence-electron chi connectivity index (χ2n) is 6.20. The maximum Gasteiger partial charge on any atom is 0.307 e. The second kappa shape index (κ2) is 14.6. The first-order chi connectivity index (χ1) is 10.5. The van der Waals surface area contributed by atoms with Gasteiger partial charge in [0.25, 0.3) is 0 Å². The van der Waals surface area contributed by atoms with Gasteiger partial charge in [-0.2, -0.15) is 0 Å². The summed E-state index contributed by atoms with van der Waals surface area (Å²) in [6.45, 7) is 7.98. The van der Waals surface area contributed by atoms with E-state index in [0.29, 0.717) is 0 Å². The minimum atomic E-state index is -0.250. The van der Waals surface area contributed by atoms with Crippen molar-refractivity contribution in [1.29, 1.82) is 0 Å². The smallest absolute Gasteiger partial charge is 0.307 e. The van der Waals surface area contributed by atoms with Crippen molar-refractivity contribution in [3.8, 4) is 0 Å². The monoisotopic (exact) mass is 306 g/mol. The number of esters is 1. The fourth-order valence-corrected chi connectivity index (χ4v) is 2.19. The molecule has 2 nitrogen and oxygen atoms in total. The summed E-state index contributed by atoms with van der Waals surface area (Å²) < 4.78 is 4.74. The van der Waals surface area contributed by atoms with Gasteiger partial charge in [-0.25, -0.2) is 0 Å². The zero-order valence-electron chi connectivity index (χ0n) is 15.0. The van der Waals surface area contributed by atoms with Crippen molar-refractivity contribution in [1.82, 2.24) is 0 Å². The lowest BCUT2D eigenvalue weighted by molar-refractivity contribution is -0.135. The van der Waals surface area contributed by atoms with Crippen molar-refractivity contribution in [2.45, 2.75) is 85.5 Å².